The Kier molecular flexibility index (Phi) is 5.06. The van der Waals surface area contributed by atoms with Crippen molar-refractivity contribution in [2.45, 2.75) is 51.1 Å². The molecule has 0 spiro atoms. The van der Waals surface area contributed by atoms with E-state index in [2.05, 4.69) is 10.5 Å². The van der Waals surface area contributed by atoms with E-state index >= 15 is 0 Å². The lowest BCUT2D eigenvalue weighted by Gasteiger charge is -2.27. The quantitative estimate of drug-likeness (QED) is 0.806. The summed E-state index contributed by atoms with van der Waals surface area (Å²) >= 11 is 1.45. The normalized spacial score (nSPS) is 17.4. The van der Waals surface area contributed by atoms with Gasteiger partial charge in [0.05, 0.1) is 11.4 Å². The van der Waals surface area contributed by atoms with Crippen LogP contribution in [0.4, 0.5) is 0 Å². The van der Waals surface area contributed by atoms with E-state index in [4.69, 9.17) is 4.52 Å². The van der Waals surface area contributed by atoms with E-state index in [1.807, 2.05) is 22.4 Å². The van der Waals surface area contributed by atoms with Crippen LogP contribution in [0.2, 0.25) is 0 Å². The van der Waals surface area contributed by atoms with E-state index in [-0.39, 0.29) is 23.6 Å². The van der Waals surface area contributed by atoms with Gasteiger partial charge in [0.15, 0.2) is 11.5 Å². The molecule has 26 heavy (non-hydrogen) atoms. The molecule has 2 fully saturated rings. The average molecular weight is 373 g/mol. The van der Waals surface area contributed by atoms with Gasteiger partial charge < -0.3 is 14.7 Å². The first-order valence-electron chi connectivity index (χ1n) is 9.29. The number of hydrogen-bond acceptors (Lipinski definition) is 5. The number of nitrogens with zero attached hydrogens (tertiary/aromatic N) is 2. The van der Waals surface area contributed by atoms with Crippen molar-refractivity contribution >= 4 is 23.2 Å². The van der Waals surface area contributed by atoms with E-state index in [9.17, 15) is 9.59 Å². The molecule has 2 aromatic heterocycles. The molecule has 0 radical (unpaired) electrons. The molecule has 7 heteroatoms. The van der Waals surface area contributed by atoms with E-state index in [0.717, 1.165) is 30.6 Å². The Morgan fingerprint density at radius 2 is 2.08 bits per heavy atom. The van der Waals surface area contributed by atoms with Crippen LogP contribution in [0.5, 0.6) is 0 Å². The van der Waals surface area contributed by atoms with Gasteiger partial charge in [-0.15, -0.1) is 11.3 Å². The zero-order valence-electron chi connectivity index (χ0n) is 14.6. The Morgan fingerprint density at radius 1 is 1.27 bits per heavy atom. The standard InChI is InChI=1S/C19H23N3O3S/c23-18(20-11-13-7-8-13)16-10-15(25-21-16)12-22(14-4-1-2-5-14)19(24)17-6-3-9-26-17/h3,6,9-10,13-14H,1-2,4-5,7-8,11-12H2,(H,20,23). The molecule has 0 saturated heterocycles. The fourth-order valence-corrected chi connectivity index (χ4v) is 4.12. The molecule has 2 amide bonds. The smallest absolute Gasteiger partial charge is 0.273 e. The zero-order valence-corrected chi connectivity index (χ0v) is 15.5. The summed E-state index contributed by atoms with van der Waals surface area (Å²) in [4.78, 5) is 27.7. The lowest BCUT2D eigenvalue weighted by atomic mass is 10.2. The number of rotatable bonds is 7. The van der Waals surface area contributed by atoms with Gasteiger partial charge in [-0.3, -0.25) is 9.59 Å². The summed E-state index contributed by atoms with van der Waals surface area (Å²) in [5, 5.41) is 8.69. The number of amides is 2. The Hall–Kier alpha value is -2.15. The van der Waals surface area contributed by atoms with Crippen molar-refractivity contribution in [2.24, 2.45) is 5.92 Å². The number of carbonyl (C=O) groups is 2. The summed E-state index contributed by atoms with van der Waals surface area (Å²) in [6.45, 7) is 1.05. The monoisotopic (exact) mass is 373 g/mol. The van der Waals surface area contributed by atoms with Crippen molar-refractivity contribution in [2.75, 3.05) is 6.54 Å². The predicted octanol–water partition coefficient (Wildman–Crippen LogP) is 3.46. The lowest BCUT2D eigenvalue weighted by molar-refractivity contribution is 0.0648. The third-order valence-electron chi connectivity index (χ3n) is 5.12. The highest BCUT2D eigenvalue weighted by molar-refractivity contribution is 7.12. The van der Waals surface area contributed by atoms with Crippen LogP contribution < -0.4 is 5.32 Å². The molecular formula is C19H23N3O3S. The van der Waals surface area contributed by atoms with Crippen LogP contribution in [-0.2, 0) is 6.54 Å². The first-order chi connectivity index (χ1) is 12.7. The lowest BCUT2D eigenvalue weighted by Crippen LogP contribution is -2.37. The number of thiophene rings is 1. The van der Waals surface area contributed by atoms with Crippen molar-refractivity contribution in [3.8, 4) is 0 Å². The Bertz CT molecular complexity index is 761. The molecule has 0 unspecified atom stereocenters. The first kappa shape index (κ1) is 17.3. The van der Waals surface area contributed by atoms with Crippen LogP contribution >= 0.6 is 11.3 Å². The topological polar surface area (TPSA) is 75.4 Å². The van der Waals surface area contributed by atoms with Crippen molar-refractivity contribution in [3.63, 3.8) is 0 Å². The van der Waals surface area contributed by atoms with Gasteiger partial charge in [-0.05, 0) is 43.0 Å². The summed E-state index contributed by atoms with van der Waals surface area (Å²) in [5.74, 6) is 0.997. The first-order valence-corrected chi connectivity index (χ1v) is 10.2. The second-order valence-electron chi connectivity index (χ2n) is 7.18. The predicted molar refractivity (Wildman–Crippen MR) is 98.0 cm³/mol. The van der Waals surface area contributed by atoms with E-state index in [1.54, 1.807) is 6.07 Å². The van der Waals surface area contributed by atoms with Gasteiger partial charge in [-0.25, -0.2) is 0 Å². The highest BCUT2D eigenvalue weighted by atomic mass is 32.1. The molecule has 1 N–H and O–H groups in total. The van der Waals surface area contributed by atoms with E-state index < -0.39 is 0 Å². The maximum absolute atomic E-state index is 12.9. The van der Waals surface area contributed by atoms with E-state index in [1.165, 1.54) is 24.2 Å². The van der Waals surface area contributed by atoms with E-state index in [0.29, 0.717) is 24.8 Å². The summed E-state index contributed by atoms with van der Waals surface area (Å²) in [5.41, 5.74) is 0.288. The average Bonchev–Trinajstić information content (AvgIpc) is 3.11. The zero-order chi connectivity index (χ0) is 17.9. The van der Waals surface area contributed by atoms with Gasteiger partial charge >= 0.3 is 0 Å². The minimum atomic E-state index is -0.205. The maximum atomic E-state index is 12.9. The number of carbonyl (C=O) groups excluding carboxylic acids is 2. The minimum absolute atomic E-state index is 0.0306. The van der Waals surface area contributed by atoms with Crippen LogP contribution in [-0.4, -0.2) is 34.5 Å². The molecule has 2 aromatic rings. The summed E-state index contributed by atoms with van der Waals surface area (Å²) in [7, 11) is 0. The van der Waals surface area contributed by atoms with Gasteiger partial charge in [0.1, 0.15) is 0 Å². The van der Waals surface area contributed by atoms with Crippen LogP contribution in [0.15, 0.2) is 28.1 Å². The van der Waals surface area contributed by atoms with Crippen molar-refractivity contribution in [3.05, 3.63) is 39.9 Å². The molecule has 0 aromatic carbocycles. The van der Waals surface area contributed by atoms with Crippen molar-refractivity contribution in [1.29, 1.82) is 0 Å². The van der Waals surface area contributed by atoms with Gasteiger partial charge in [-0.2, -0.15) is 0 Å². The third-order valence-corrected chi connectivity index (χ3v) is 5.98. The number of nitrogens with one attached hydrogen (secondary N) is 1. The molecule has 0 bridgehead atoms. The summed E-state index contributed by atoms with van der Waals surface area (Å²) in [6, 6.07) is 5.63. The Morgan fingerprint density at radius 3 is 2.77 bits per heavy atom. The Labute approximate surface area is 156 Å². The van der Waals surface area contributed by atoms with Crippen LogP contribution in [0.25, 0.3) is 0 Å². The molecule has 2 aliphatic rings. The van der Waals surface area contributed by atoms with Gasteiger partial charge in [0.25, 0.3) is 11.8 Å². The number of hydrogen-bond donors (Lipinski definition) is 1. The van der Waals surface area contributed by atoms with Crippen molar-refractivity contribution < 1.29 is 14.1 Å². The molecule has 0 aliphatic heterocycles. The van der Waals surface area contributed by atoms with Gasteiger partial charge in [-0.1, -0.05) is 24.1 Å². The third kappa shape index (κ3) is 3.98. The number of aromatic nitrogens is 1. The van der Waals surface area contributed by atoms with Crippen LogP contribution in [0.3, 0.4) is 0 Å². The molecule has 2 saturated carbocycles. The maximum Gasteiger partial charge on any atom is 0.273 e. The second-order valence-corrected chi connectivity index (χ2v) is 8.13. The minimum Gasteiger partial charge on any atom is -0.359 e. The summed E-state index contributed by atoms with van der Waals surface area (Å²) in [6.07, 6.45) is 6.69. The summed E-state index contributed by atoms with van der Waals surface area (Å²) < 4.78 is 5.36. The molecular weight excluding hydrogens is 350 g/mol. The SMILES string of the molecule is O=C(NCC1CC1)c1cc(CN(C(=O)c2cccs2)C2CCCC2)on1. The molecule has 0 atom stereocenters. The second kappa shape index (κ2) is 7.61. The fraction of sp³-hybridized carbons (Fsp3) is 0.526. The van der Waals surface area contributed by atoms with Crippen molar-refractivity contribution in [1.82, 2.24) is 15.4 Å². The highest BCUT2D eigenvalue weighted by Gasteiger charge is 2.29. The molecule has 2 heterocycles. The molecule has 2 aliphatic carbocycles. The highest BCUT2D eigenvalue weighted by Crippen LogP contribution is 2.28. The Balaban J connectivity index is 1.45. The largest absolute Gasteiger partial charge is 0.359 e. The van der Waals surface area contributed by atoms with Crippen LogP contribution in [0.1, 0.15) is 64.4 Å². The fourth-order valence-electron chi connectivity index (χ4n) is 3.44. The van der Waals surface area contributed by atoms with Gasteiger partial charge in [0, 0.05) is 18.7 Å². The van der Waals surface area contributed by atoms with Gasteiger partial charge in [0.2, 0.25) is 0 Å². The van der Waals surface area contributed by atoms with Crippen LogP contribution in [0, 0.1) is 5.92 Å². The molecule has 4 rings (SSSR count). The molecule has 6 nitrogen and oxygen atoms in total. The molecule has 138 valence electrons.